The Morgan fingerprint density at radius 2 is 1.76 bits per heavy atom. The molecule has 0 aliphatic heterocycles. The van der Waals surface area contributed by atoms with Gasteiger partial charge in [0.25, 0.3) is 5.56 Å². The van der Waals surface area contributed by atoms with Crippen LogP contribution in [0, 0.1) is 6.92 Å². The van der Waals surface area contributed by atoms with Gasteiger partial charge in [-0.25, -0.2) is 4.79 Å². The molecular formula is C23H21N3Na2O5. The maximum Gasteiger partial charge on any atom is 1.00 e. The number of aryl methyl sites for hydroxylation is 2. The van der Waals surface area contributed by atoms with Crippen molar-refractivity contribution < 1.29 is 78.9 Å². The molecule has 0 spiro atoms. The van der Waals surface area contributed by atoms with Gasteiger partial charge in [0.1, 0.15) is 5.69 Å². The summed E-state index contributed by atoms with van der Waals surface area (Å²) in [6, 6.07) is 14.2. The number of carboxylic acid groups (broad SMARTS) is 1. The Bertz CT molecular complexity index is 1200. The Morgan fingerprint density at radius 1 is 1.06 bits per heavy atom. The van der Waals surface area contributed by atoms with E-state index in [1.807, 2.05) is 37.3 Å². The summed E-state index contributed by atoms with van der Waals surface area (Å²) >= 11 is 0. The number of aromatic nitrogens is 1. The summed E-state index contributed by atoms with van der Waals surface area (Å²) < 4.78 is 1.15. The number of hydrogen-bond acceptors (Lipinski definition) is 5. The summed E-state index contributed by atoms with van der Waals surface area (Å²) in [5.74, 6) is -2.00. The fourth-order valence-corrected chi connectivity index (χ4v) is 3.27. The van der Waals surface area contributed by atoms with Gasteiger partial charge in [-0.2, -0.15) is 0 Å². The number of aliphatic carboxylic acids is 1. The van der Waals surface area contributed by atoms with Gasteiger partial charge in [-0.1, -0.05) is 54.3 Å². The largest absolute Gasteiger partial charge is 1.00 e. The number of rotatable bonds is 6. The third kappa shape index (κ3) is 7.46. The molecule has 3 rings (SSSR count). The Balaban J connectivity index is 0.00000272. The minimum absolute atomic E-state index is 0. The second-order valence-corrected chi connectivity index (χ2v) is 7.14. The molecule has 3 aromatic rings. The normalized spacial score (nSPS) is 10.8. The Kier molecular flexibility index (Phi) is 11.4. The van der Waals surface area contributed by atoms with Crippen molar-refractivity contribution in [1.82, 2.24) is 9.88 Å². The average molecular weight is 465 g/mol. The molecule has 1 atom stereocenters. The van der Waals surface area contributed by atoms with Crippen LogP contribution in [0.4, 0.5) is 10.5 Å². The molecule has 2 aromatic carbocycles. The molecule has 0 saturated carbocycles. The minimum atomic E-state index is -1.35. The fraction of sp³-hybridized carbons (Fsp3) is 0.174. The van der Waals surface area contributed by atoms with Crippen LogP contribution >= 0.6 is 0 Å². The van der Waals surface area contributed by atoms with E-state index in [0.29, 0.717) is 5.56 Å². The van der Waals surface area contributed by atoms with E-state index in [1.165, 1.54) is 13.2 Å². The van der Waals surface area contributed by atoms with E-state index in [1.54, 1.807) is 18.2 Å². The van der Waals surface area contributed by atoms with Crippen molar-refractivity contribution in [3.63, 3.8) is 0 Å². The summed E-state index contributed by atoms with van der Waals surface area (Å²) in [5, 5.41) is 28.0. The molecule has 0 fully saturated rings. The van der Waals surface area contributed by atoms with Crippen LogP contribution in [-0.4, -0.2) is 16.6 Å². The molecule has 0 aliphatic carbocycles. The second-order valence-electron chi connectivity index (χ2n) is 7.14. The van der Waals surface area contributed by atoms with E-state index in [9.17, 15) is 24.6 Å². The molecule has 1 heterocycles. The number of carbonyl (C=O) groups excluding carboxylic acids is 2. The zero-order chi connectivity index (χ0) is 22.5. The van der Waals surface area contributed by atoms with Crippen molar-refractivity contribution in [3.8, 4) is 16.9 Å². The SMILES string of the molecule is Cc1ccccc1-c1cccc([C@H](CC(=O)[O-])NC(=O)Nc2c([O-])ccn(C)c2=O)c1.[Na+].[Na+]. The van der Waals surface area contributed by atoms with Gasteiger partial charge in [-0.15, -0.1) is 0 Å². The summed E-state index contributed by atoms with van der Waals surface area (Å²) in [7, 11) is 1.45. The third-order valence-corrected chi connectivity index (χ3v) is 4.89. The molecular weight excluding hydrogens is 444 g/mol. The standard InChI is InChI=1S/C23H23N3O5.2Na/c1-14-6-3-4-9-17(14)15-7-5-8-16(12-15)18(13-20(28)29)24-23(31)25-21-19(27)10-11-26(2)22(21)30;;/h3-12,18,27H,13H2,1-2H3,(H,28,29)(H2,24,25,31);;/q;2*+1/p-2/t18-;;/m0../s1. The smallest absolute Gasteiger partial charge is 0.871 e. The summed E-state index contributed by atoms with van der Waals surface area (Å²) in [4.78, 5) is 35.9. The van der Waals surface area contributed by atoms with Gasteiger partial charge in [0.2, 0.25) is 0 Å². The zero-order valence-corrected chi connectivity index (χ0v) is 23.0. The van der Waals surface area contributed by atoms with E-state index in [4.69, 9.17) is 0 Å². The van der Waals surface area contributed by atoms with E-state index >= 15 is 0 Å². The number of nitrogens with zero attached hydrogens (tertiary/aromatic N) is 1. The topological polar surface area (TPSA) is 126 Å². The van der Waals surface area contributed by atoms with Gasteiger partial charge in [-0.3, -0.25) is 4.79 Å². The summed E-state index contributed by atoms with van der Waals surface area (Å²) in [6.45, 7) is 1.97. The van der Waals surface area contributed by atoms with Crippen LogP contribution in [-0.2, 0) is 11.8 Å². The molecule has 2 amide bonds. The van der Waals surface area contributed by atoms with Crippen LogP contribution in [0.5, 0.6) is 5.75 Å². The van der Waals surface area contributed by atoms with E-state index in [2.05, 4.69) is 10.6 Å². The monoisotopic (exact) mass is 465 g/mol. The average Bonchev–Trinajstić information content (AvgIpc) is 2.73. The van der Waals surface area contributed by atoms with Gasteiger partial charge in [0.05, 0.1) is 6.04 Å². The first-order valence-electron chi connectivity index (χ1n) is 9.56. The minimum Gasteiger partial charge on any atom is -0.871 e. The van der Waals surface area contributed by atoms with Crippen molar-refractivity contribution in [1.29, 1.82) is 0 Å². The zero-order valence-electron chi connectivity index (χ0n) is 19.0. The molecule has 1 aromatic heterocycles. The quantitative estimate of drug-likeness (QED) is 0.355. The maximum absolute atomic E-state index is 12.5. The Labute approximate surface area is 235 Å². The molecule has 0 saturated heterocycles. The van der Waals surface area contributed by atoms with Crippen LogP contribution < -0.4 is 85.5 Å². The van der Waals surface area contributed by atoms with Crippen LogP contribution in [0.15, 0.2) is 65.6 Å². The van der Waals surface area contributed by atoms with Crippen molar-refractivity contribution in [2.75, 3.05) is 5.32 Å². The number of urea groups is 1. The van der Waals surface area contributed by atoms with Gasteiger partial charge in [0.15, 0.2) is 0 Å². The molecule has 0 bridgehead atoms. The van der Waals surface area contributed by atoms with Gasteiger partial charge >= 0.3 is 65.1 Å². The van der Waals surface area contributed by atoms with Crippen molar-refractivity contribution in [2.45, 2.75) is 19.4 Å². The second kappa shape index (κ2) is 13.0. The van der Waals surface area contributed by atoms with Crippen LogP contribution in [0.1, 0.15) is 23.6 Å². The number of carbonyl (C=O) groups is 2. The molecule has 8 nitrogen and oxygen atoms in total. The van der Waals surface area contributed by atoms with Crippen molar-refractivity contribution in [2.24, 2.45) is 7.05 Å². The number of anilines is 1. The molecule has 160 valence electrons. The van der Waals surface area contributed by atoms with Crippen LogP contribution in [0.3, 0.4) is 0 Å². The van der Waals surface area contributed by atoms with Gasteiger partial charge < -0.3 is 30.2 Å². The van der Waals surface area contributed by atoms with Crippen LogP contribution in [0.2, 0.25) is 0 Å². The Morgan fingerprint density at radius 3 is 2.42 bits per heavy atom. The van der Waals surface area contributed by atoms with Gasteiger partial charge in [0, 0.05) is 25.6 Å². The number of hydrogen-bond donors (Lipinski definition) is 2. The first-order valence-corrected chi connectivity index (χ1v) is 9.56. The molecule has 0 radical (unpaired) electrons. The Hall–Kier alpha value is -2.07. The predicted octanol–water partition coefficient (Wildman–Crippen LogP) is -4.55. The predicted molar refractivity (Wildman–Crippen MR) is 112 cm³/mol. The maximum atomic E-state index is 12.5. The molecule has 10 heteroatoms. The summed E-state index contributed by atoms with van der Waals surface area (Å²) in [6.07, 6.45) is 0.811. The molecule has 33 heavy (non-hydrogen) atoms. The fourth-order valence-electron chi connectivity index (χ4n) is 3.27. The number of pyridine rings is 1. The van der Waals surface area contributed by atoms with E-state index < -0.39 is 41.5 Å². The summed E-state index contributed by atoms with van der Waals surface area (Å²) in [5.41, 5.74) is 2.35. The molecule has 0 aliphatic rings. The van der Waals surface area contributed by atoms with E-state index in [0.717, 1.165) is 27.3 Å². The number of carboxylic acids is 1. The van der Waals surface area contributed by atoms with Crippen molar-refractivity contribution in [3.05, 3.63) is 82.3 Å². The molecule has 2 N–H and O–H groups in total. The number of amides is 2. The number of benzene rings is 2. The first-order chi connectivity index (χ1) is 14.8. The van der Waals surface area contributed by atoms with E-state index in [-0.39, 0.29) is 59.1 Å². The number of nitrogens with one attached hydrogen (secondary N) is 2. The van der Waals surface area contributed by atoms with Crippen molar-refractivity contribution >= 4 is 17.7 Å². The molecule has 0 unspecified atom stereocenters. The third-order valence-electron chi connectivity index (χ3n) is 4.89. The first kappa shape index (κ1) is 29.0. The van der Waals surface area contributed by atoms with Crippen LogP contribution in [0.25, 0.3) is 11.1 Å². The van der Waals surface area contributed by atoms with Gasteiger partial charge in [-0.05, 0) is 35.2 Å².